The standard InChI is InChI=1S/C14H23BrN4O/c1-3-4-8-19-14(20)13(15)12(10-17-19)16-9-11-6-5-7-18(11)2/h10-11,16H,3-9H2,1-2H3. The highest BCUT2D eigenvalue weighted by Crippen LogP contribution is 2.19. The smallest absolute Gasteiger partial charge is 0.283 e. The predicted molar refractivity (Wildman–Crippen MR) is 85.2 cm³/mol. The van der Waals surface area contributed by atoms with Gasteiger partial charge in [0.15, 0.2) is 0 Å². The Morgan fingerprint density at radius 3 is 3.00 bits per heavy atom. The van der Waals surface area contributed by atoms with Gasteiger partial charge < -0.3 is 10.2 Å². The average molecular weight is 343 g/mol. The summed E-state index contributed by atoms with van der Waals surface area (Å²) in [4.78, 5) is 14.5. The van der Waals surface area contributed by atoms with Crippen molar-refractivity contribution >= 4 is 21.6 Å². The molecule has 6 heteroatoms. The van der Waals surface area contributed by atoms with Crippen molar-refractivity contribution in [1.82, 2.24) is 14.7 Å². The second-order valence-corrected chi connectivity index (χ2v) is 6.20. The lowest BCUT2D eigenvalue weighted by atomic mass is 10.2. The maximum Gasteiger partial charge on any atom is 0.283 e. The van der Waals surface area contributed by atoms with Crippen molar-refractivity contribution in [2.75, 3.05) is 25.5 Å². The Balaban J connectivity index is 2.01. The van der Waals surface area contributed by atoms with Gasteiger partial charge in [-0.1, -0.05) is 13.3 Å². The Kier molecular flexibility index (Phi) is 5.60. The maximum atomic E-state index is 12.2. The third-order valence-corrected chi connectivity index (χ3v) is 4.67. The monoisotopic (exact) mass is 342 g/mol. The zero-order valence-electron chi connectivity index (χ0n) is 12.2. The molecule has 1 aromatic rings. The van der Waals surface area contributed by atoms with E-state index in [9.17, 15) is 4.79 Å². The van der Waals surface area contributed by atoms with E-state index in [1.807, 2.05) is 0 Å². The highest BCUT2D eigenvalue weighted by atomic mass is 79.9. The molecular weight excluding hydrogens is 320 g/mol. The molecule has 1 fully saturated rings. The second-order valence-electron chi connectivity index (χ2n) is 5.41. The van der Waals surface area contributed by atoms with Crippen LogP contribution in [-0.2, 0) is 6.54 Å². The SMILES string of the molecule is CCCCn1ncc(NCC2CCCN2C)c(Br)c1=O. The first-order valence-corrected chi connectivity index (χ1v) is 8.12. The third-order valence-electron chi connectivity index (χ3n) is 3.91. The first kappa shape index (κ1) is 15.5. The fourth-order valence-corrected chi connectivity index (χ4v) is 2.97. The number of halogens is 1. The first-order chi connectivity index (χ1) is 9.63. The molecule has 1 aliphatic heterocycles. The molecule has 2 heterocycles. The predicted octanol–water partition coefficient (Wildman–Crippen LogP) is 2.31. The van der Waals surface area contributed by atoms with E-state index in [4.69, 9.17) is 0 Å². The lowest BCUT2D eigenvalue weighted by molar-refractivity contribution is 0.322. The second kappa shape index (κ2) is 7.22. The zero-order chi connectivity index (χ0) is 14.5. The summed E-state index contributed by atoms with van der Waals surface area (Å²) >= 11 is 3.40. The van der Waals surface area contributed by atoms with Crippen LogP contribution in [0.3, 0.4) is 0 Å². The molecule has 0 bridgehead atoms. The van der Waals surface area contributed by atoms with Crippen LogP contribution in [0.25, 0.3) is 0 Å². The molecule has 0 spiro atoms. The normalized spacial score (nSPS) is 19.4. The molecule has 1 unspecified atom stereocenters. The summed E-state index contributed by atoms with van der Waals surface area (Å²) < 4.78 is 2.12. The van der Waals surface area contributed by atoms with Gasteiger partial charge in [0.1, 0.15) is 4.47 Å². The van der Waals surface area contributed by atoms with Crippen molar-refractivity contribution in [2.24, 2.45) is 0 Å². The van der Waals surface area contributed by atoms with Gasteiger partial charge in [-0.3, -0.25) is 4.79 Å². The van der Waals surface area contributed by atoms with Crippen molar-refractivity contribution in [3.8, 4) is 0 Å². The molecule has 0 saturated carbocycles. The zero-order valence-corrected chi connectivity index (χ0v) is 13.8. The van der Waals surface area contributed by atoms with Gasteiger partial charge in [0.2, 0.25) is 0 Å². The van der Waals surface area contributed by atoms with Crippen LogP contribution in [0.1, 0.15) is 32.6 Å². The molecule has 5 nitrogen and oxygen atoms in total. The number of likely N-dealkylation sites (N-methyl/N-ethyl adjacent to an activating group) is 1. The summed E-state index contributed by atoms with van der Waals surface area (Å²) in [6.45, 7) is 4.80. The van der Waals surface area contributed by atoms with Gasteiger partial charge in [-0.2, -0.15) is 5.10 Å². The van der Waals surface area contributed by atoms with Gasteiger partial charge >= 0.3 is 0 Å². The molecule has 1 N–H and O–H groups in total. The van der Waals surface area contributed by atoms with Crippen LogP contribution in [0.5, 0.6) is 0 Å². The molecule has 0 radical (unpaired) electrons. The molecule has 1 aromatic heterocycles. The lowest BCUT2D eigenvalue weighted by Crippen LogP contribution is -2.32. The number of hydrogen-bond donors (Lipinski definition) is 1. The van der Waals surface area contributed by atoms with E-state index in [0.717, 1.165) is 31.6 Å². The van der Waals surface area contributed by atoms with Crippen LogP contribution in [0.15, 0.2) is 15.5 Å². The molecular formula is C14H23BrN4O. The van der Waals surface area contributed by atoms with Crippen molar-refractivity contribution in [3.05, 3.63) is 21.0 Å². The van der Waals surface area contributed by atoms with Crippen molar-refractivity contribution in [2.45, 2.75) is 45.2 Å². The number of anilines is 1. The Bertz CT molecular complexity index is 502. The van der Waals surface area contributed by atoms with Crippen molar-refractivity contribution < 1.29 is 0 Å². The molecule has 0 amide bonds. The molecule has 2 rings (SSSR count). The molecule has 112 valence electrons. The number of hydrogen-bond acceptors (Lipinski definition) is 4. The molecule has 20 heavy (non-hydrogen) atoms. The van der Waals surface area contributed by atoms with E-state index in [2.05, 4.69) is 45.2 Å². The maximum absolute atomic E-state index is 12.2. The summed E-state index contributed by atoms with van der Waals surface area (Å²) in [5.41, 5.74) is 0.742. The number of nitrogens with zero attached hydrogens (tertiary/aromatic N) is 3. The Hall–Kier alpha value is -0.880. The largest absolute Gasteiger partial charge is 0.381 e. The topological polar surface area (TPSA) is 50.2 Å². The summed E-state index contributed by atoms with van der Waals surface area (Å²) in [7, 11) is 2.15. The summed E-state index contributed by atoms with van der Waals surface area (Å²) in [6.07, 6.45) is 6.23. The average Bonchev–Trinajstić information content (AvgIpc) is 2.85. The van der Waals surface area contributed by atoms with Crippen LogP contribution in [0.2, 0.25) is 0 Å². The van der Waals surface area contributed by atoms with E-state index in [1.54, 1.807) is 6.20 Å². The lowest BCUT2D eigenvalue weighted by Gasteiger charge is -2.20. The first-order valence-electron chi connectivity index (χ1n) is 7.33. The van der Waals surface area contributed by atoms with E-state index in [1.165, 1.54) is 17.5 Å². The summed E-state index contributed by atoms with van der Waals surface area (Å²) in [5.74, 6) is 0. The fourth-order valence-electron chi connectivity index (χ4n) is 2.52. The van der Waals surface area contributed by atoms with Crippen LogP contribution < -0.4 is 10.9 Å². The summed E-state index contributed by atoms with van der Waals surface area (Å²) in [6, 6.07) is 0.546. The molecule has 0 aliphatic carbocycles. The number of aromatic nitrogens is 2. The number of rotatable bonds is 6. The van der Waals surface area contributed by atoms with Gasteiger partial charge in [-0.25, -0.2) is 4.68 Å². The quantitative estimate of drug-likeness (QED) is 0.861. The Morgan fingerprint density at radius 2 is 2.35 bits per heavy atom. The van der Waals surface area contributed by atoms with Crippen LogP contribution >= 0.6 is 15.9 Å². The number of aryl methyl sites for hydroxylation is 1. The van der Waals surface area contributed by atoms with Gasteiger partial charge in [-0.15, -0.1) is 0 Å². The van der Waals surface area contributed by atoms with Gasteiger partial charge in [0, 0.05) is 19.1 Å². The van der Waals surface area contributed by atoms with Crippen molar-refractivity contribution in [1.29, 1.82) is 0 Å². The minimum Gasteiger partial charge on any atom is -0.381 e. The number of unbranched alkanes of at least 4 members (excludes halogenated alkanes) is 1. The number of likely N-dealkylation sites (tertiary alicyclic amines) is 1. The summed E-state index contributed by atoms with van der Waals surface area (Å²) in [5, 5.41) is 7.58. The molecule has 1 saturated heterocycles. The van der Waals surface area contributed by atoms with E-state index in [0.29, 0.717) is 17.1 Å². The molecule has 1 atom stereocenters. The molecule has 0 aromatic carbocycles. The Labute approximate surface area is 128 Å². The van der Waals surface area contributed by atoms with E-state index in [-0.39, 0.29) is 5.56 Å². The van der Waals surface area contributed by atoms with E-state index >= 15 is 0 Å². The third kappa shape index (κ3) is 3.61. The van der Waals surface area contributed by atoms with E-state index < -0.39 is 0 Å². The van der Waals surface area contributed by atoms with Crippen LogP contribution in [0, 0.1) is 0 Å². The minimum atomic E-state index is -0.0526. The van der Waals surface area contributed by atoms with Crippen molar-refractivity contribution in [3.63, 3.8) is 0 Å². The van der Waals surface area contributed by atoms with Gasteiger partial charge in [-0.05, 0) is 48.8 Å². The highest BCUT2D eigenvalue weighted by Gasteiger charge is 2.20. The number of nitrogens with one attached hydrogen (secondary N) is 1. The molecule has 1 aliphatic rings. The Morgan fingerprint density at radius 1 is 1.55 bits per heavy atom. The van der Waals surface area contributed by atoms with Crippen LogP contribution in [-0.4, -0.2) is 40.9 Å². The minimum absolute atomic E-state index is 0.0526. The van der Waals surface area contributed by atoms with Crippen LogP contribution in [0.4, 0.5) is 5.69 Å². The van der Waals surface area contributed by atoms with Gasteiger partial charge in [0.05, 0.1) is 11.9 Å². The highest BCUT2D eigenvalue weighted by molar-refractivity contribution is 9.10. The van der Waals surface area contributed by atoms with Gasteiger partial charge in [0.25, 0.3) is 5.56 Å². The fraction of sp³-hybridized carbons (Fsp3) is 0.714.